The van der Waals surface area contributed by atoms with Crippen LogP contribution >= 0.6 is 0 Å². The van der Waals surface area contributed by atoms with Gasteiger partial charge in [-0.1, -0.05) is 0 Å². The topological polar surface area (TPSA) is 51.3 Å². The zero-order valence-corrected chi connectivity index (χ0v) is 15.2. The number of halogens is 2. The van der Waals surface area contributed by atoms with E-state index in [0.717, 1.165) is 13.0 Å². The summed E-state index contributed by atoms with van der Waals surface area (Å²) in [5.41, 5.74) is 1.63. The average Bonchev–Trinajstić information content (AvgIpc) is 3.31. The first-order valence-corrected chi connectivity index (χ1v) is 9.21. The van der Waals surface area contributed by atoms with Crippen molar-refractivity contribution in [2.45, 2.75) is 19.4 Å². The molecular weight excluding hydrogens is 362 g/mol. The molecule has 0 bridgehead atoms. The number of aryl methyl sites for hydroxylation is 1. The van der Waals surface area contributed by atoms with E-state index in [1.165, 1.54) is 12.1 Å². The van der Waals surface area contributed by atoms with E-state index in [-0.39, 0.29) is 22.6 Å². The van der Waals surface area contributed by atoms with E-state index in [2.05, 4.69) is 10.3 Å². The van der Waals surface area contributed by atoms with Crippen molar-refractivity contribution in [1.82, 2.24) is 19.3 Å². The third-order valence-corrected chi connectivity index (χ3v) is 5.37. The molecule has 1 aliphatic rings. The van der Waals surface area contributed by atoms with Gasteiger partial charge in [0.2, 0.25) is 0 Å². The maximum absolute atomic E-state index is 14.9. The van der Waals surface area contributed by atoms with Crippen molar-refractivity contribution in [3.63, 3.8) is 0 Å². The van der Waals surface area contributed by atoms with Gasteiger partial charge < -0.3 is 14.3 Å². The standard InChI is InChI=1S/C21H18F2N4O/c1-12-10-26-11-15(8-18(23)20(26)25-12)14-6-13-3-5-27(16-2-4-24-9-16)21(28)19(13)17(22)7-14/h3,5-8,10-11,16,24H,2,4,9H2,1H3/t16-/m0/s1. The zero-order valence-electron chi connectivity index (χ0n) is 15.2. The molecular formula is C21H18F2N4O. The van der Waals surface area contributed by atoms with Gasteiger partial charge in [0.25, 0.3) is 5.56 Å². The second kappa shape index (κ2) is 6.24. The summed E-state index contributed by atoms with van der Waals surface area (Å²) in [5, 5.41) is 3.79. The summed E-state index contributed by atoms with van der Waals surface area (Å²) < 4.78 is 32.5. The largest absolute Gasteiger partial charge is 0.315 e. The molecule has 4 heterocycles. The van der Waals surface area contributed by atoms with Crippen molar-refractivity contribution < 1.29 is 8.78 Å². The van der Waals surface area contributed by atoms with E-state index in [0.29, 0.717) is 28.8 Å². The van der Waals surface area contributed by atoms with Crippen LogP contribution in [0.3, 0.4) is 0 Å². The molecule has 1 saturated heterocycles. The molecule has 0 saturated carbocycles. The van der Waals surface area contributed by atoms with E-state index in [4.69, 9.17) is 0 Å². The first kappa shape index (κ1) is 17.1. The summed E-state index contributed by atoms with van der Waals surface area (Å²) in [6.45, 7) is 3.33. The van der Waals surface area contributed by atoms with Crippen LogP contribution in [0.4, 0.5) is 8.78 Å². The van der Waals surface area contributed by atoms with Gasteiger partial charge in [0.15, 0.2) is 11.5 Å². The van der Waals surface area contributed by atoms with Gasteiger partial charge in [-0.15, -0.1) is 0 Å². The van der Waals surface area contributed by atoms with E-state index in [1.807, 2.05) is 0 Å². The van der Waals surface area contributed by atoms with Crippen molar-refractivity contribution in [1.29, 1.82) is 0 Å². The van der Waals surface area contributed by atoms with Crippen molar-refractivity contribution in [2.75, 3.05) is 13.1 Å². The second-order valence-corrected chi connectivity index (χ2v) is 7.29. The molecule has 0 amide bonds. The number of rotatable bonds is 2. The Labute approximate surface area is 159 Å². The lowest BCUT2D eigenvalue weighted by atomic mass is 10.0. The van der Waals surface area contributed by atoms with Gasteiger partial charge in [-0.05, 0) is 55.1 Å². The van der Waals surface area contributed by atoms with Crippen LogP contribution in [0.1, 0.15) is 18.2 Å². The summed E-state index contributed by atoms with van der Waals surface area (Å²) in [5.74, 6) is -1.07. The monoisotopic (exact) mass is 380 g/mol. The van der Waals surface area contributed by atoms with Crippen molar-refractivity contribution in [3.8, 4) is 11.1 Å². The average molecular weight is 380 g/mol. The number of nitrogens with zero attached hydrogens (tertiary/aromatic N) is 3. The maximum atomic E-state index is 14.9. The smallest absolute Gasteiger partial charge is 0.261 e. The molecule has 1 aromatic carbocycles. The number of imidazole rings is 1. The summed E-state index contributed by atoms with van der Waals surface area (Å²) in [6.07, 6.45) is 5.99. The highest BCUT2D eigenvalue weighted by atomic mass is 19.1. The lowest BCUT2D eigenvalue weighted by Gasteiger charge is -2.14. The van der Waals surface area contributed by atoms with E-state index in [9.17, 15) is 13.6 Å². The minimum atomic E-state index is -0.597. The molecule has 1 aliphatic heterocycles. The molecule has 5 rings (SSSR count). The van der Waals surface area contributed by atoms with Gasteiger partial charge in [0.05, 0.1) is 17.1 Å². The Kier molecular flexibility index (Phi) is 3.80. The molecule has 4 aromatic rings. The fraction of sp³-hybridized carbons (Fsp3) is 0.238. The van der Waals surface area contributed by atoms with Crippen LogP contribution in [0.5, 0.6) is 0 Å². The van der Waals surface area contributed by atoms with Gasteiger partial charge >= 0.3 is 0 Å². The molecule has 0 spiro atoms. The van der Waals surface area contributed by atoms with Crippen LogP contribution < -0.4 is 10.9 Å². The van der Waals surface area contributed by atoms with Crippen LogP contribution in [-0.4, -0.2) is 27.0 Å². The summed E-state index contributed by atoms with van der Waals surface area (Å²) in [6, 6.07) is 6.15. The maximum Gasteiger partial charge on any atom is 0.261 e. The normalized spacial score (nSPS) is 17.0. The van der Waals surface area contributed by atoms with Crippen LogP contribution in [-0.2, 0) is 0 Å². The van der Waals surface area contributed by atoms with Crippen LogP contribution in [0, 0.1) is 18.6 Å². The van der Waals surface area contributed by atoms with E-state index in [1.54, 1.807) is 46.6 Å². The van der Waals surface area contributed by atoms with Crippen molar-refractivity contribution in [2.24, 2.45) is 0 Å². The quantitative estimate of drug-likeness (QED) is 0.580. The minimum absolute atomic E-state index is 0.0389. The highest BCUT2D eigenvalue weighted by Crippen LogP contribution is 2.28. The molecule has 3 aromatic heterocycles. The molecule has 0 radical (unpaired) electrons. The molecule has 1 atom stereocenters. The summed E-state index contributed by atoms with van der Waals surface area (Å²) >= 11 is 0. The van der Waals surface area contributed by atoms with Gasteiger partial charge in [-0.25, -0.2) is 13.8 Å². The Morgan fingerprint density at radius 2 is 1.96 bits per heavy atom. The lowest BCUT2D eigenvalue weighted by molar-refractivity contribution is 0.530. The number of hydrogen-bond acceptors (Lipinski definition) is 3. The first-order chi connectivity index (χ1) is 13.5. The van der Waals surface area contributed by atoms with Gasteiger partial charge in [-0.3, -0.25) is 4.79 Å². The van der Waals surface area contributed by atoms with Gasteiger partial charge in [0, 0.05) is 30.7 Å². The van der Waals surface area contributed by atoms with E-state index < -0.39 is 11.6 Å². The fourth-order valence-corrected chi connectivity index (χ4v) is 4.01. The highest BCUT2D eigenvalue weighted by Gasteiger charge is 2.20. The third kappa shape index (κ3) is 2.62. The van der Waals surface area contributed by atoms with Gasteiger partial charge in [-0.2, -0.15) is 0 Å². The Bertz CT molecular complexity index is 1290. The molecule has 1 fully saturated rings. The molecule has 0 aliphatic carbocycles. The van der Waals surface area contributed by atoms with Crippen molar-refractivity contribution >= 4 is 16.4 Å². The number of hydrogen-bond donors (Lipinski definition) is 1. The predicted octanol–water partition coefficient (Wildman–Crippen LogP) is 3.44. The van der Waals surface area contributed by atoms with Crippen LogP contribution in [0.15, 0.2) is 47.7 Å². The van der Waals surface area contributed by atoms with E-state index >= 15 is 0 Å². The van der Waals surface area contributed by atoms with Crippen LogP contribution in [0.25, 0.3) is 27.5 Å². The molecule has 142 valence electrons. The molecule has 28 heavy (non-hydrogen) atoms. The highest BCUT2D eigenvalue weighted by molar-refractivity contribution is 5.87. The van der Waals surface area contributed by atoms with Gasteiger partial charge in [0.1, 0.15) is 5.82 Å². The Balaban J connectivity index is 1.68. The number of pyridine rings is 2. The summed E-state index contributed by atoms with van der Waals surface area (Å²) in [7, 11) is 0. The minimum Gasteiger partial charge on any atom is -0.315 e. The van der Waals surface area contributed by atoms with Crippen LogP contribution in [0.2, 0.25) is 0 Å². The Morgan fingerprint density at radius 3 is 2.75 bits per heavy atom. The number of nitrogens with one attached hydrogen (secondary N) is 1. The molecule has 0 unspecified atom stereocenters. The fourth-order valence-electron chi connectivity index (χ4n) is 4.01. The third-order valence-electron chi connectivity index (χ3n) is 5.37. The first-order valence-electron chi connectivity index (χ1n) is 9.21. The molecule has 5 nitrogen and oxygen atoms in total. The number of fused-ring (bicyclic) bond motifs is 2. The lowest BCUT2D eigenvalue weighted by Crippen LogP contribution is -2.26. The summed E-state index contributed by atoms with van der Waals surface area (Å²) in [4.78, 5) is 17.0. The SMILES string of the molecule is Cc1cn2cc(-c3cc(F)c4c(=O)n([C@H]5CCNC5)ccc4c3)cc(F)c2n1. The predicted molar refractivity (Wildman–Crippen MR) is 104 cm³/mol. The Morgan fingerprint density at radius 1 is 1.14 bits per heavy atom. The van der Waals surface area contributed by atoms with Crippen molar-refractivity contribution in [3.05, 3.63) is 70.5 Å². The number of aromatic nitrogens is 3. The zero-order chi connectivity index (χ0) is 19.4. The molecule has 1 N–H and O–H groups in total. The molecule has 7 heteroatoms. The number of benzene rings is 1. The Hall–Kier alpha value is -3.06. The second-order valence-electron chi connectivity index (χ2n) is 7.29.